The van der Waals surface area contributed by atoms with Crippen LogP contribution in [0.3, 0.4) is 0 Å². The molecule has 0 saturated carbocycles. The number of amides is 1. The van der Waals surface area contributed by atoms with Crippen LogP contribution in [0, 0.1) is 5.92 Å². The summed E-state index contributed by atoms with van der Waals surface area (Å²) in [4.78, 5) is 22.6. The zero-order valence-electron chi connectivity index (χ0n) is 19.4. The second-order valence-electron chi connectivity index (χ2n) is 9.02. The van der Waals surface area contributed by atoms with Crippen LogP contribution in [0.2, 0.25) is 0 Å². The Morgan fingerprint density at radius 2 is 1.88 bits per heavy atom. The van der Waals surface area contributed by atoms with Crippen LogP contribution in [-0.4, -0.2) is 63.1 Å². The van der Waals surface area contributed by atoms with Crippen molar-refractivity contribution in [3.05, 3.63) is 36.8 Å². The van der Waals surface area contributed by atoms with E-state index in [1.54, 1.807) is 22.9 Å². The summed E-state index contributed by atoms with van der Waals surface area (Å²) in [6.45, 7) is 7.55. The molecule has 1 aromatic carbocycles. The molecule has 174 valence electrons. The summed E-state index contributed by atoms with van der Waals surface area (Å²) in [6.07, 6.45) is 4.66. The summed E-state index contributed by atoms with van der Waals surface area (Å²) in [7, 11) is 1.63. The maximum atomic E-state index is 12.2. The molecule has 3 aromatic rings. The molecule has 0 aliphatic carbocycles. The molecule has 4 rings (SSSR count). The van der Waals surface area contributed by atoms with E-state index < -0.39 is 5.60 Å². The molecule has 0 radical (unpaired) electrons. The fourth-order valence-electron chi connectivity index (χ4n) is 3.67. The summed E-state index contributed by atoms with van der Waals surface area (Å²) in [5.74, 6) is 1.63. The van der Waals surface area contributed by atoms with Crippen LogP contribution in [-0.2, 0) is 4.74 Å². The number of aromatic nitrogens is 4. The van der Waals surface area contributed by atoms with Crippen LogP contribution in [0.5, 0.6) is 5.75 Å². The number of hydrogen-bond donors (Lipinski definition) is 0. The number of carbonyl (C=O) groups is 1. The fourth-order valence-corrected chi connectivity index (χ4v) is 3.67. The zero-order valence-corrected chi connectivity index (χ0v) is 19.4. The van der Waals surface area contributed by atoms with Crippen molar-refractivity contribution in [1.82, 2.24) is 24.6 Å². The van der Waals surface area contributed by atoms with Gasteiger partial charge in [-0.2, -0.15) is 10.2 Å². The molecule has 10 heteroatoms. The van der Waals surface area contributed by atoms with E-state index in [1.807, 2.05) is 45.0 Å². The van der Waals surface area contributed by atoms with Crippen LogP contribution in [0.15, 0.2) is 47.0 Å². The summed E-state index contributed by atoms with van der Waals surface area (Å²) in [6, 6.07) is 7.58. The van der Waals surface area contributed by atoms with Crippen LogP contribution in [0.25, 0.3) is 16.7 Å². The normalized spacial score (nSPS) is 15.3. The van der Waals surface area contributed by atoms with Gasteiger partial charge < -0.3 is 14.4 Å². The molecule has 0 atom stereocenters. The Labute approximate surface area is 192 Å². The number of fused-ring (bicyclic) bond motifs is 1. The minimum absolute atomic E-state index is 0.250. The molecule has 0 N–H and O–H groups in total. The number of piperidine rings is 1. The third-order valence-corrected chi connectivity index (χ3v) is 5.43. The molecule has 1 amide bonds. The van der Waals surface area contributed by atoms with Gasteiger partial charge in [0.05, 0.1) is 30.9 Å². The quantitative estimate of drug-likeness (QED) is 0.527. The predicted molar refractivity (Wildman–Crippen MR) is 123 cm³/mol. The van der Waals surface area contributed by atoms with E-state index in [1.165, 1.54) is 6.33 Å². The van der Waals surface area contributed by atoms with Gasteiger partial charge in [0.15, 0.2) is 11.5 Å². The number of methoxy groups -OCH3 is 1. The van der Waals surface area contributed by atoms with E-state index in [2.05, 4.69) is 25.3 Å². The van der Waals surface area contributed by atoms with Gasteiger partial charge in [0.1, 0.15) is 17.7 Å². The second kappa shape index (κ2) is 9.51. The number of azo groups is 1. The largest absolute Gasteiger partial charge is 0.497 e. The van der Waals surface area contributed by atoms with Crippen molar-refractivity contribution in [1.29, 1.82) is 0 Å². The third-order valence-electron chi connectivity index (χ3n) is 5.43. The summed E-state index contributed by atoms with van der Waals surface area (Å²) in [5, 5.41) is 13.9. The molecule has 0 unspecified atom stereocenters. The van der Waals surface area contributed by atoms with Gasteiger partial charge >= 0.3 is 6.09 Å². The summed E-state index contributed by atoms with van der Waals surface area (Å²) in [5.41, 5.74) is 1.05. The van der Waals surface area contributed by atoms with Crippen LogP contribution in [0.4, 0.5) is 10.6 Å². The van der Waals surface area contributed by atoms with Crippen molar-refractivity contribution in [2.75, 3.05) is 26.7 Å². The topological polar surface area (TPSA) is 107 Å². The molecular weight excluding hydrogens is 422 g/mol. The van der Waals surface area contributed by atoms with Gasteiger partial charge in [-0.15, -0.1) is 5.11 Å². The second-order valence-corrected chi connectivity index (χ2v) is 9.02. The molecule has 1 fully saturated rings. The Kier molecular flexibility index (Phi) is 6.52. The Morgan fingerprint density at radius 3 is 2.55 bits per heavy atom. The van der Waals surface area contributed by atoms with Gasteiger partial charge in [0, 0.05) is 13.1 Å². The van der Waals surface area contributed by atoms with Crippen molar-refractivity contribution in [3.63, 3.8) is 0 Å². The number of likely N-dealkylation sites (tertiary alicyclic amines) is 1. The number of carbonyl (C=O) groups excluding carboxylic acids is 1. The Morgan fingerprint density at radius 1 is 1.15 bits per heavy atom. The summed E-state index contributed by atoms with van der Waals surface area (Å²) >= 11 is 0. The van der Waals surface area contributed by atoms with Gasteiger partial charge in [-0.3, -0.25) is 0 Å². The number of hydrogen-bond acceptors (Lipinski definition) is 8. The highest BCUT2D eigenvalue weighted by atomic mass is 16.6. The molecule has 10 nitrogen and oxygen atoms in total. The molecule has 0 spiro atoms. The van der Waals surface area contributed by atoms with Gasteiger partial charge in [0.25, 0.3) is 0 Å². The van der Waals surface area contributed by atoms with Crippen molar-refractivity contribution >= 4 is 22.9 Å². The van der Waals surface area contributed by atoms with Crippen molar-refractivity contribution in [2.45, 2.75) is 39.2 Å². The first kappa shape index (κ1) is 22.6. The van der Waals surface area contributed by atoms with Crippen molar-refractivity contribution in [3.8, 4) is 11.4 Å². The number of benzene rings is 1. The van der Waals surface area contributed by atoms with Gasteiger partial charge in [-0.05, 0) is 63.8 Å². The predicted octanol–water partition coefficient (Wildman–Crippen LogP) is 4.55. The van der Waals surface area contributed by atoms with E-state index in [9.17, 15) is 4.79 Å². The van der Waals surface area contributed by atoms with E-state index >= 15 is 0 Å². The Hall–Kier alpha value is -3.56. The lowest BCUT2D eigenvalue weighted by molar-refractivity contribution is 0.0186. The zero-order chi connectivity index (χ0) is 23.4. The van der Waals surface area contributed by atoms with Crippen molar-refractivity contribution < 1.29 is 14.3 Å². The first-order valence-electron chi connectivity index (χ1n) is 11.0. The molecular formula is C23H29N7O3. The average molecular weight is 452 g/mol. The van der Waals surface area contributed by atoms with E-state index in [0.717, 1.165) is 29.7 Å². The SMILES string of the molecule is COc1ccc(-n2ncc3c(N=NCC4CCN(C(=O)OC(C)(C)C)CC4)ncnc32)cc1. The third kappa shape index (κ3) is 5.44. The standard InChI is InChI=1S/C23H29N7O3/c1-23(2,3)33-22(31)29-11-9-16(10-12-29)13-26-28-20-19-14-27-30(21(19)25-15-24-20)17-5-7-18(32-4)8-6-17/h5-8,14-16H,9-13H2,1-4H3. The van der Waals surface area contributed by atoms with Gasteiger partial charge in [0.2, 0.25) is 0 Å². The molecule has 1 aliphatic rings. The first-order chi connectivity index (χ1) is 15.8. The minimum Gasteiger partial charge on any atom is -0.497 e. The van der Waals surface area contributed by atoms with Gasteiger partial charge in [-0.25, -0.2) is 19.4 Å². The van der Waals surface area contributed by atoms with Crippen LogP contribution < -0.4 is 4.74 Å². The molecule has 1 saturated heterocycles. The Bertz CT molecular complexity index is 1130. The maximum Gasteiger partial charge on any atom is 0.410 e. The molecule has 0 bridgehead atoms. The molecule has 1 aliphatic heterocycles. The number of rotatable bonds is 5. The monoisotopic (exact) mass is 451 g/mol. The summed E-state index contributed by atoms with van der Waals surface area (Å²) < 4.78 is 12.4. The minimum atomic E-state index is -0.480. The van der Waals surface area contributed by atoms with Crippen molar-refractivity contribution in [2.24, 2.45) is 16.1 Å². The van der Waals surface area contributed by atoms with E-state index in [4.69, 9.17) is 9.47 Å². The first-order valence-corrected chi connectivity index (χ1v) is 11.0. The smallest absolute Gasteiger partial charge is 0.410 e. The fraction of sp³-hybridized carbons (Fsp3) is 0.478. The highest BCUT2D eigenvalue weighted by Crippen LogP contribution is 2.26. The lowest BCUT2D eigenvalue weighted by atomic mass is 9.97. The number of ether oxygens (including phenoxy) is 2. The van der Waals surface area contributed by atoms with Crippen LogP contribution >= 0.6 is 0 Å². The molecule has 33 heavy (non-hydrogen) atoms. The average Bonchev–Trinajstić information content (AvgIpc) is 3.23. The highest BCUT2D eigenvalue weighted by Gasteiger charge is 2.26. The lowest BCUT2D eigenvalue weighted by Gasteiger charge is -2.32. The molecule has 3 heterocycles. The number of nitrogens with zero attached hydrogens (tertiary/aromatic N) is 7. The van der Waals surface area contributed by atoms with Gasteiger partial charge in [-0.1, -0.05) is 0 Å². The van der Waals surface area contributed by atoms with Crippen LogP contribution in [0.1, 0.15) is 33.6 Å². The molecule has 2 aromatic heterocycles. The van der Waals surface area contributed by atoms with E-state index in [0.29, 0.717) is 37.0 Å². The van der Waals surface area contributed by atoms with E-state index in [-0.39, 0.29) is 6.09 Å². The highest BCUT2D eigenvalue weighted by molar-refractivity contribution is 5.85. The lowest BCUT2D eigenvalue weighted by Crippen LogP contribution is -2.42. The maximum absolute atomic E-state index is 12.2. The Balaban J connectivity index is 1.38.